The number of nitrogens with one attached hydrogen (secondary N) is 1. The van der Waals surface area contributed by atoms with Crippen LogP contribution in [0.5, 0.6) is 0 Å². The van der Waals surface area contributed by atoms with Gasteiger partial charge < -0.3 is 21.0 Å². The molecule has 0 aliphatic carbocycles. The number of esters is 1. The third-order valence-electron chi connectivity index (χ3n) is 5.14. The van der Waals surface area contributed by atoms with E-state index in [0.717, 1.165) is 11.3 Å². The fraction of sp³-hybridized carbons (Fsp3) is 0.250. The van der Waals surface area contributed by atoms with Gasteiger partial charge in [-0.3, -0.25) is 24.6 Å². The molecule has 2 aliphatic rings. The van der Waals surface area contributed by atoms with E-state index in [9.17, 15) is 29.7 Å². The summed E-state index contributed by atoms with van der Waals surface area (Å²) >= 11 is 2.41. The molecule has 0 saturated carbocycles. The van der Waals surface area contributed by atoms with Crippen molar-refractivity contribution in [2.45, 2.75) is 30.2 Å². The first kappa shape index (κ1) is 24.2. The normalized spacial score (nSPS) is 21.5. The van der Waals surface area contributed by atoms with Gasteiger partial charge in [0, 0.05) is 22.8 Å². The quantitative estimate of drug-likeness (QED) is 0.120. The zero-order valence-electron chi connectivity index (χ0n) is 18.0. The summed E-state index contributed by atoms with van der Waals surface area (Å²) in [5.74, 6) is -2.09. The number of anilines is 1. The lowest BCUT2D eigenvalue weighted by atomic mass is 10.0. The van der Waals surface area contributed by atoms with Gasteiger partial charge in [0.05, 0.1) is 4.92 Å². The Morgan fingerprint density at radius 2 is 2.09 bits per heavy atom. The molecule has 4 rings (SSSR count). The molecule has 1 saturated heterocycles. The van der Waals surface area contributed by atoms with Gasteiger partial charge in [-0.15, -0.1) is 23.1 Å². The standard InChI is InChI=1S/C20H18N6O7S2/c1-9-6-13(19(29)33-7-10-2-4-11(5-3-10)26(31)32)25-17(28)15(18(25)35-9)23-16(27)14(24-30)12-8-34-20(21)22-12/h2-6,8-9,15,18,30H,7H2,1H3,(H2,21,22)(H,23,27)/t9?,15?,18-/m0/s1. The van der Waals surface area contributed by atoms with E-state index < -0.39 is 39.8 Å². The smallest absolute Gasteiger partial charge is 0.355 e. The van der Waals surface area contributed by atoms with E-state index in [1.807, 2.05) is 6.92 Å². The first-order valence-corrected chi connectivity index (χ1v) is 11.9. The van der Waals surface area contributed by atoms with E-state index in [4.69, 9.17) is 10.5 Å². The molecule has 1 fully saturated rings. The molecule has 2 aliphatic heterocycles. The second-order valence-electron chi connectivity index (χ2n) is 7.46. The number of nitrogens with two attached hydrogens (primary N) is 1. The number of thioether (sulfide) groups is 1. The van der Waals surface area contributed by atoms with Gasteiger partial charge in [0.15, 0.2) is 10.8 Å². The highest BCUT2D eigenvalue weighted by Crippen LogP contribution is 2.41. The molecule has 35 heavy (non-hydrogen) atoms. The van der Waals surface area contributed by atoms with E-state index >= 15 is 0 Å². The van der Waals surface area contributed by atoms with Gasteiger partial charge in [-0.1, -0.05) is 5.16 Å². The SMILES string of the molecule is CC1C=C(C(=O)OCc2ccc([N+](=O)[O-])cc2)N2C(=O)C(NC(=O)C(=NO)c3csc(N)n3)[C@@H]2S1. The van der Waals surface area contributed by atoms with Crippen molar-refractivity contribution in [1.82, 2.24) is 15.2 Å². The summed E-state index contributed by atoms with van der Waals surface area (Å²) in [6.07, 6.45) is 1.59. The summed E-state index contributed by atoms with van der Waals surface area (Å²) in [5.41, 5.74) is 5.73. The van der Waals surface area contributed by atoms with Crippen molar-refractivity contribution in [3.05, 3.63) is 62.8 Å². The summed E-state index contributed by atoms with van der Waals surface area (Å²) < 4.78 is 5.31. The van der Waals surface area contributed by atoms with Crippen LogP contribution in [0.25, 0.3) is 0 Å². The number of β-lactam (4-membered cyclic amide) rings is 1. The lowest BCUT2D eigenvalue weighted by molar-refractivity contribution is -0.384. The summed E-state index contributed by atoms with van der Waals surface area (Å²) in [7, 11) is 0. The lowest BCUT2D eigenvalue weighted by Crippen LogP contribution is -2.71. The van der Waals surface area contributed by atoms with Crippen LogP contribution in [-0.2, 0) is 25.7 Å². The van der Waals surface area contributed by atoms with Crippen molar-refractivity contribution < 1.29 is 29.3 Å². The monoisotopic (exact) mass is 518 g/mol. The molecule has 1 aromatic carbocycles. The number of aromatic nitrogens is 1. The number of hydrogen-bond donors (Lipinski definition) is 3. The minimum atomic E-state index is -0.964. The van der Waals surface area contributed by atoms with E-state index in [-0.39, 0.29) is 34.1 Å². The van der Waals surface area contributed by atoms with E-state index in [1.54, 1.807) is 6.08 Å². The van der Waals surface area contributed by atoms with Crippen LogP contribution in [0.3, 0.4) is 0 Å². The number of nitrogens with zero attached hydrogens (tertiary/aromatic N) is 4. The number of carbonyl (C=O) groups excluding carboxylic acids is 3. The fourth-order valence-corrected chi connectivity index (χ4v) is 5.35. The molecule has 1 aromatic heterocycles. The Morgan fingerprint density at radius 1 is 1.37 bits per heavy atom. The van der Waals surface area contributed by atoms with E-state index in [1.165, 1.54) is 46.3 Å². The number of oxime groups is 1. The maximum Gasteiger partial charge on any atom is 0.355 e. The van der Waals surface area contributed by atoms with Crippen molar-refractivity contribution in [2.75, 3.05) is 5.73 Å². The molecule has 3 heterocycles. The number of carbonyl (C=O) groups is 3. The predicted molar refractivity (Wildman–Crippen MR) is 125 cm³/mol. The number of benzene rings is 1. The number of fused-ring (bicyclic) bond motifs is 1. The summed E-state index contributed by atoms with van der Waals surface area (Å²) in [4.78, 5) is 53.6. The number of amides is 2. The van der Waals surface area contributed by atoms with Crippen LogP contribution < -0.4 is 11.1 Å². The Kier molecular flexibility index (Phi) is 6.70. The molecule has 0 spiro atoms. The van der Waals surface area contributed by atoms with Crippen LogP contribution in [0.4, 0.5) is 10.8 Å². The summed E-state index contributed by atoms with van der Waals surface area (Å²) in [6, 6.07) is 4.58. The summed E-state index contributed by atoms with van der Waals surface area (Å²) in [6.45, 7) is 1.68. The van der Waals surface area contributed by atoms with Crippen LogP contribution in [0.15, 0.2) is 46.6 Å². The molecule has 13 nitrogen and oxygen atoms in total. The maximum absolute atomic E-state index is 12.8. The van der Waals surface area contributed by atoms with Crippen LogP contribution in [0.1, 0.15) is 18.2 Å². The third-order valence-corrected chi connectivity index (χ3v) is 7.14. The zero-order chi connectivity index (χ0) is 25.3. The fourth-order valence-electron chi connectivity index (χ4n) is 3.48. The second-order valence-corrected chi connectivity index (χ2v) is 9.85. The van der Waals surface area contributed by atoms with E-state index in [0.29, 0.717) is 5.56 Å². The molecule has 4 N–H and O–H groups in total. The average Bonchev–Trinajstić information content (AvgIpc) is 3.26. The molecular weight excluding hydrogens is 500 g/mol. The van der Waals surface area contributed by atoms with Gasteiger partial charge in [0.2, 0.25) is 0 Å². The van der Waals surface area contributed by atoms with Crippen molar-refractivity contribution >= 4 is 57.4 Å². The number of hydrogen-bond acceptors (Lipinski definition) is 12. The Bertz CT molecular complexity index is 1260. The number of rotatable bonds is 7. The third kappa shape index (κ3) is 4.81. The molecule has 0 bridgehead atoms. The number of non-ortho nitro benzene ring substituents is 1. The number of nitrogen functional groups attached to an aromatic ring is 1. The predicted octanol–water partition coefficient (Wildman–Crippen LogP) is 1.23. The Labute approximate surface area is 205 Å². The molecule has 3 atom stereocenters. The molecule has 0 radical (unpaired) electrons. The lowest BCUT2D eigenvalue weighted by Gasteiger charge is -2.49. The first-order chi connectivity index (χ1) is 16.7. The minimum Gasteiger partial charge on any atom is -0.456 e. The number of thiazole rings is 1. The highest BCUT2D eigenvalue weighted by atomic mass is 32.2. The Balaban J connectivity index is 1.41. The summed E-state index contributed by atoms with van der Waals surface area (Å²) in [5, 5.41) is 26.4. The molecule has 182 valence electrons. The van der Waals surface area contributed by atoms with Crippen LogP contribution in [-0.4, -0.2) is 60.2 Å². The minimum absolute atomic E-state index is 0.0435. The number of nitro benzene ring substituents is 1. The highest BCUT2D eigenvalue weighted by Gasteiger charge is 2.54. The van der Waals surface area contributed by atoms with Crippen LogP contribution >= 0.6 is 23.1 Å². The maximum atomic E-state index is 12.8. The molecule has 15 heteroatoms. The average molecular weight is 519 g/mol. The van der Waals surface area contributed by atoms with Gasteiger partial charge in [-0.05, 0) is 30.7 Å². The van der Waals surface area contributed by atoms with E-state index in [2.05, 4.69) is 15.5 Å². The number of nitro groups is 1. The highest BCUT2D eigenvalue weighted by molar-refractivity contribution is 8.00. The van der Waals surface area contributed by atoms with Crippen LogP contribution in [0, 0.1) is 10.1 Å². The van der Waals surface area contributed by atoms with Gasteiger partial charge in [-0.25, -0.2) is 9.78 Å². The van der Waals surface area contributed by atoms with Gasteiger partial charge in [0.25, 0.3) is 17.5 Å². The van der Waals surface area contributed by atoms with Gasteiger partial charge in [-0.2, -0.15) is 0 Å². The zero-order valence-corrected chi connectivity index (χ0v) is 19.6. The van der Waals surface area contributed by atoms with Gasteiger partial charge in [0.1, 0.15) is 29.4 Å². The molecular formula is C20H18N6O7S2. The topological polar surface area (TPSA) is 190 Å². The Morgan fingerprint density at radius 3 is 2.69 bits per heavy atom. The van der Waals surface area contributed by atoms with Gasteiger partial charge >= 0.3 is 5.97 Å². The van der Waals surface area contributed by atoms with Crippen molar-refractivity contribution in [3.8, 4) is 0 Å². The van der Waals surface area contributed by atoms with Crippen molar-refractivity contribution in [1.29, 1.82) is 0 Å². The van der Waals surface area contributed by atoms with Crippen molar-refractivity contribution in [2.24, 2.45) is 5.16 Å². The molecule has 2 amide bonds. The number of ether oxygens (including phenoxy) is 1. The van der Waals surface area contributed by atoms with Crippen LogP contribution in [0.2, 0.25) is 0 Å². The molecule has 2 aromatic rings. The largest absolute Gasteiger partial charge is 0.456 e. The van der Waals surface area contributed by atoms with Crippen molar-refractivity contribution in [3.63, 3.8) is 0 Å². The molecule has 2 unspecified atom stereocenters. The second kappa shape index (κ2) is 9.71. The first-order valence-electron chi connectivity index (χ1n) is 10.0. The Hall–Kier alpha value is -3.98.